The van der Waals surface area contributed by atoms with Gasteiger partial charge in [0.25, 0.3) is 0 Å². The predicted molar refractivity (Wildman–Crippen MR) is 79.7 cm³/mol. The van der Waals surface area contributed by atoms with E-state index in [4.69, 9.17) is 4.74 Å². The van der Waals surface area contributed by atoms with Crippen molar-refractivity contribution in [3.05, 3.63) is 29.8 Å². The van der Waals surface area contributed by atoms with Crippen LogP contribution in [0.4, 0.5) is 0 Å². The highest BCUT2D eigenvalue weighted by Crippen LogP contribution is 2.20. The number of amides is 1. The zero-order valence-electron chi connectivity index (χ0n) is 12.6. The maximum absolute atomic E-state index is 11.7. The number of rotatable bonds is 8. The number of carbonyl (C=O) groups is 1. The van der Waals surface area contributed by atoms with Crippen LogP contribution in [0.5, 0.6) is 5.75 Å². The molecule has 0 spiro atoms. The SMILES string of the molecule is CCCCCC(=O)NC(C)C(O)c1ccc(OC)cc1. The molecule has 0 saturated heterocycles. The highest BCUT2D eigenvalue weighted by Gasteiger charge is 2.18. The van der Waals surface area contributed by atoms with Crippen LogP contribution in [0.25, 0.3) is 0 Å². The van der Waals surface area contributed by atoms with Crippen LogP contribution in [-0.4, -0.2) is 24.2 Å². The average Bonchev–Trinajstić information content (AvgIpc) is 2.46. The van der Waals surface area contributed by atoms with E-state index in [0.29, 0.717) is 6.42 Å². The average molecular weight is 279 g/mol. The number of benzene rings is 1. The van der Waals surface area contributed by atoms with Gasteiger partial charge in [0.15, 0.2) is 0 Å². The summed E-state index contributed by atoms with van der Waals surface area (Å²) in [4.78, 5) is 11.7. The number of nitrogens with one attached hydrogen (secondary N) is 1. The van der Waals surface area contributed by atoms with Crippen LogP contribution in [0.2, 0.25) is 0 Å². The van der Waals surface area contributed by atoms with Crippen LogP contribution < -0.4 is 10.1 Å². The number of aliphatic hydroxyl groups is 1. The number of unbranched alkanes of at least 4 members (excludes halogenated alkanes) is 2. The van der Waals surface area contributed by atoms with Gasteiger partial charge in [-0.1, -0.05) is 31.9 Å². The topological polar surface area (TPSA) is 58.6 Å². The Morgan fingerprint density at radius 2 is 1.95 bits per heavy atom. The molecular weight excluding hydrogens is 254 g/mol. The van der Waals surface area contributed by atoms with E-state index in [-0.39, 0.29) is 11.9 Å². The molecule has 112 valence electrons. The maximum Gasteiger partial charge on any atom is 0.220 e. The zero-order valence-corrected chi connectivity index (χ0v) is 12.6. The minimum Gasteiger partial charge on any atom is -0.497 e. The molecule has 2 atom stereocenters. The van der Waals surface area contributed by atoms with Crippen molar-refractivity contribution in [3.63, 3.8) is 0 Å². The van der Waals surface area contributed by atoms with Crippen molar-refractivity contribution in [1.29, 1.82) is 0 Å². The molecule has 0 aliphatic rings. The molecule has 0 aromatic heterocycles. The first-order chi connectivity index (χ1) is 9.58. The van der Waals surface area contributed by atoms with E-state index in [2.05, 4.69) is 12.2 Å². The Labute approximate surface area is 121 Å². The van der Waals surface area contributed by atoms with Gasteiger partial charge < -0.3 is 15.2 Å². The molecule has 0 heterocycles. The lowest BCUT2D eigenvalue weighted by Crippen LogP contribution is -2.36. The molecule has 2 N–H and O–H groups in total. The van der Waals surface area contributed by atoms with Crippen molar-refractivity contribution in [3.8, 4) is 5.75 Å². The van der Waals surface area contributed by atoms with Crippen molar-refractivity contribution in [1.82, 2.24) is 5.32 Å². The summed E-state index contributed by atoms with van der Waals surface area (Å²) in [5, 5.41) is 13.1. The zero-order chi connectivity index (χ0) is 15.0. The number of ether oxygens (including phenoxy) is 1. The normalized spacial score (nSPS) is 13.6. The van der Waals surface area contributed by atoms with E-state index in [0.717, 1.165) is 30.6 Å². The quantitative estimate of drug-likeness (QED) is 0.719. The van der Waals surface area contributed by atoms with Gasteiger partial charge in [-0.3, -0.25) is 4.79 Å². The number of aliphatic hydroxyl groups excluding tert-OH is 1. The van der Waals surface area contributed by atoms with Crippen molar-refractivity contribution in [2.45, 2.75) is 51.7 Å². The van der Waals surface area contributed by atoms with Crippen LogP contribution in [0.3, 0.4) is 0 Å². The van der Waals surface area contributed by atoms with Gasteiger partial charge in [-0.15, -0.1) is 0 Å². The summed E-state index contributed by atoms with van der Waals surface area (Å²) in [6, 6.07) is 6.91. The third-order valence-corrected chi connectivity index (χ3v) is 3.33. The molecule has 0 fully saturated rings. The highest BCUT2D eigenvalue weighted by molar-refractivity contribution is 5.76. The fourth-order valence-electron chi connectivity index (χ4n) is 2.03. The molecule has 1 aromatic carbocycles. The summed E-state index contributed by atoms with van der Waals surface area (Å²) in [5.74, 6) is 0.746. The van der Waals surface area contributed by atoms with E-state index >= 15 is 0 Å². The van der Waals surface area contributed by atoms with E-state index in [1.807, 2.05) is 19.1 Å². The number of methoxy groups -OCH3 is 1. The minimum absolute atomic E-state index is 0.00138. The third-order valence-electron chi connectivity index (χ3n) is 3.33. The van der Waals surface area contributed by atoms with Gasteiger partial charge in [0.05, 0.1) is 19.3 Å². The summed E-state index contributed by atoms with van der Waals surface area (Å²) >= 11 is 0. The number of carbonyl (C=O) groups excluding carboxylic acids is 1. The molecule has 0 radical (unpaired) electrons. The van der Waals surface area contributed by atoms with Gasteiger partial charge in [0, 0.05) is 6.42 Å². The van der Waals surface area contributed by atoms with Crippen molar-refractivity contribution in [2.75, 3.05) is 7.11 Å². The van der Waals surface area contributed by atoms with Crippen LogP contribution in [0.15, 0.2) is 24.3 Å². The smallest absolute Gasteiger partial charge is 0.220 e. The Balaban J connectivity index is 2.48. The van der Waals surface area contributed by atoms with Crippen LogP contribution in [0, 0.1) is 0 Å². The third kappa shape index (κ3) is 5.21. The van der Waals surface area contributed by atoms with E-state index < -0.39 is 6.10 Å². The van der Waals surface area contributed by atoms with Crippen molar-refractivity contribution in [2.24, 2.45) is 0 Å². The molecule has 1 rings (SSSR count). The number of hydrogen-bond donors (Lipinski definition) is 2. The standard InChI is InChI=1S/C16H25NO3/c1-4-5-6-7-15(18)17-12(2)16(19)13-8-10-14(20-3)11-9-13/h8-12,16,19H,4-7H2,1-3H3,(H,17,18). The Morgan fingerprint density at radius 3 is 2.50 bits per heavy atom. The van der Waals surface area contributed by atoms with Gasteiger partial charge in [0.1, 0.15) is 5.75 Å². The molecule has 1 aromatic rings. The maximum atomic E-state index is 11.7. The molecule has 4 heteroatoms. The molecule has 0 bridgehead atoms. The summed E-state index contributed by atoms with van der Waals surface area (Å²) in [7, 11) is 1.60. The van der Waals surface area contributed by atoms with E-state index in [1.54, 1.807) is 19.2 Å². The molecule has 0 aliphatic heterocycles. The monoisotopic (exact) mass is 279 g/mol. The van der Waals surface area contributed by atoms with Crippen LogP contribution in [-0.2, 0) is 4.79 Å². The summed E-state index contributed by atoms with van der Waals surface area (Å²) in [6.45, 7) is 3.92. The summed E-state index contributed by atoms with van der Waals surface area (Å²) in [5.41, 5.74) is 0.771. The molecule has 4 nitrogen and oxygen atoms in total. The van der Waals surface area contributed by atoms with E-state index in [1.165, 1.54) is 0 Å². The lowest BCUT2D eigenvalue weighted by Gasteiger charge is -2.21. The molecule has 0 aliphatic carbocycles. The van der Waals surface area contributed by atoms with Gasteiger partial charge in [-0.25, -0.2) is 0 Å². The minimum atomic E-state index is -0.712. The van der Waals surface area contributed by atoms with Gasteiger partial charge in [-0.2, -0.15) is 0 Å². The van der Waals surface area contributed by atoms with Crippen LogP contribution in [0.1, 0.15) is 51.2 Å². The van der Waals surface area contributed by atoms with Crippen molar-refractivity contribution < 1.29 is 14.6 Å². The first-order valence-electron chi connectivity index (χ1n) is 7.19. The second kappa shape index (κ2) is 8.59. The lowest BCUT2D eigenvalue weighted by atomic mass is 10.0. The second-order valence-electron chi connectivity index (χ2n) is 5.03. The Hall–Kier alpha value is -1.55. The van der Waals surface area contributed by atoms with Gasteiger partial charge >= 0.3 is 0 Å². The first-order valence-corrected chi connectivity index (χ1v) is 7.19. The van der Waals surface area contributed by atoms with Crippen molar-refractivity contribution >= 4 is 5.91 Å². The van der Waals surface area contributed by atoms with E-state index in [9.17, 15) is 9.90 Å². The molecular formula is C16H25NO3. The molecule has 1 amide bonds. The fraction of sp³-hybridized carbons (Fsp3) is 0.562. The van der Waals surface area contributed by atoms with Gasteiger partial charge in [0.2, 0.25) is 5.91 Å². The Morgan fingerprint density at radius 1 is 1.30 bits per heavy atom. The summed E-state index contributed by atoms with van der Waals surface area (Å²) in [6.07, 6.45) is 2.86. The number of hydrogen-bond acceptors (Lipinski definition) is 3. The largest absolute Gasteiger partial charge is 0.497 e. The lowest BCUT2D eigenvalue weighted by molar-refractivity contribution is -0.122. The first kappa shape index (κ1) is 16.5. The molecule has 2 unspecified atom stereocenters. The van der Waals surface area contributed by atoms with Gasteiger partial charge in [-0.05, 0) is 31.0 Å². The fourth-order valence-corrected chi connectivity index (χ4v) is 2.03. The summed E-state index contributed by atoms with van der Waals surface area (Å²) < 4.78 is 5.08. The highest BCUT2D eigenvalue weighted by atomic mass is 16.5. The predicted octanol–water partition coefficient (Wildman–Crippen LogP) is 2.81. The molecule has 20 heavy (non-hydrogen) atoms. The Bertz CT molecular complexity index is 403. The molecule has 0 saturated carbocycles. The second-order valence-corrected chi connectivity index (χ2v) is 5.03. The Kier molecular flexibility index (Phi) is 7.09. The van der Waals surface area contributed by atoms with Crippen LogP contribution >= 0.6 is 0 Å².